The number of rotatable bonds is 2. The minimum atomic E-state index is 0.777. The first kappa shape index (κ1) is 18.6. The zero-order valence-corrected chi connectivity index (χ0v) is 15.6. The Morgan fingerprint density at radius 2 is 0.583 bits per heavy atom. The second-order valence-corrected chi connectivity index (χ2v) is 8.23. The normalized spacial score (nSPS) is 38.0. The molecular weight excluding hydrogens is 296 g/mol. The van der Waals surface area contributed by atoms with Crippen LogP contribution in [0, 0.1) is 0 Å². The predicted molar refractivity (Wildman–Crippen MR) is 103 cm³/mol. The molecule has 0 aliphatic carbocycles. The van der Waals surface area contributed by atoms with Crippen LogP contribution in [-0.2, 0) is 0 Å². The molecule has 4 saturated heterocycles. The monoisotopic (exact) mass is 336 g/mol. The molecule has 4 rings (SSSR count). The summed E-state index contributed by atoms with van der Waals surface area (Å²) in [4.78, 5) is 0. The van der Waals surface area contributed by atoms with Crippen molar-refractivity contribution in [3.8, 4) is 0 Å². The third-order valence-corrected chi connectivity index (χ3v) is 6.37. The minimum absolute atomic E-state index is 0.777. The van der Waals surface area contributed by atoms with Crippen molar-refractivity contribution in [2.75, 3.05) is 26.2 Å². The first-order valence-electron chi connectivity index (χ1n) is 10.9. The van der Waals surface area contributed by atoms with Gasteiger partial charge in [-0.05, 0) is 77.5 Å². The van der Waals surface area contributed by atoms with E-state index >= 15 is 0 Å². The van der Waals surface area contributed by atoms with Gasteiger partial charge in [0.1, 0.15) is 0 Å². The largest absolute Gasteiger partial charge is 0.312 e. The highest BCUT2D eigenvalue weighted by Crippen LogP contribution is 2.18. The molecule has 4 aliphatic rings. The molecule has 4 aliphatic heterocycles. The van der Waals surface area contributed by atoms with Crippen LogP contribution in [0.1, 0.15) is 77.0 Å². The quantitative estimate of drug-likeness (QED) is 0.626. The average Bonchev–Trinajstić information content (AvgIpc) is 2.71. The van der Waals surface area contributed by atoms with Crippen LogP contribution < -0.4 is 21.3 Å². The molecule has 0 radical (unpaired) electrons. The molecule has 24 heavy (non-hydrogen) atoms. The van der Waals surface area contributed by atoms with Gasteiger partial charge in [-0.1, -0.05) is 25.7 Å². The summed E-state index contributed by atoms with van der Waals surface area (Å²) >= 11 is 0. The van der Waals surface area contributed by atoms with Crippen molar-refractivity contribution in [1.29, 1.82) is 0 Å². The van der Waals surface area contributed by atoms with Gasteiger partial charge in [-0.15, -0.1) is 0 Å². The van der Waals surface area contributed by atoms with Gasteiger partial charge in [0, 0.05) is 24.2 Å². The van der Waals surface area contributed by atoms with E-state index in [9.17, 15) is 0 Å². The molecule has 4 fully saturated rings. The second-order valence-electron chi connectivity index (χ2n) is 8.23. The van der Waals surface area contributed by atoms with E-state index in [0.29, 0.717) is 0 Å². The molecule has 0 aromatic heterocycles. The van der Waals surface area contributed by atoms with Crippen LogP contribution in [0.3, 0.4) is 0 Å². The fourth-order valence-corrected chi connectivity index (χ4v) is 4.89. The molecular formula is C20H40N4. The van der Waals surface area contributed by atoms with Crippen molar-refractivity contribution < 1.29 is 0 Å². The van der Waals surface area contributed by atoms with Crippen LogP contribution in [0.4, 0.5) is 0 Å². The smallest absolute Gasteiger partial charge is 0.0221 e. The van der Waals surface area contributed by atoms with Crippen LogP contribution in [-0.4, -0.2) is 50.3 Å². The summed E-state index contributed by atoms with van der Waals surface area (Å²) in [6.07, 6.45) is 16.8. The molecule has 0 amide bonds. The maximum atomic E-state index is 3.63. The standard InChI is InChI=1S/2C10H20N2/c2*1-3-7-11-9(5-1)10-6-2-4-8-12-10/h2*9-12H,1-8H2. The maximum absolute atomic E-state index is 3.63. The Bertz CT molecular complexity index is 248. The van der Waals surface area contributed by atoms with Crippen LogP contribution >= 0.6 is 0 Å². The highest BCUT2D eigenvalue weighted by Gasteiger charge is 2.24. The zero-order valence-electron chi connectivity index (χ0n) is 15.6. The summed E-state index contributed by atoms with van der Waals surface area (Å²) in [6, 6.07) is 3.11. The van der Waals surface area contributed by atoms with E-state index in [1.165, 1.54) is 103 Å². The van der Waals surface area contributed by atoms with E-state index in [2.05, 4.69) is 21.3 Å². The van der Waals surface area contributed by atoms with Crippen LogP contribution in [0.2, 0.25) is 0 Å². The van der Waals surface area contributed by atoms with Crippen molar-refractivity contribution >= 4 is 0 Å². The first-order chi connectivity index (χ1) is 11.9. The van der Waals surface area contributed by atoms with Crippen molar-refractivity contribution in [2.24, 2.45) is 0 Å². The number of piperidine rings is 4. The van der Waals surface area contributed by atoms with Gasteiger partial charge in [0.05, 0.1) is 0 Å². The fraction of sp³-hybridized carbons (Fsp3) is 1.00. The lowest BCUT2D eigenvalue weighted by Crippen LogP contribution is -2.51. The van der Waals surface area contributed by atoms with Crippen LogP contribution in [0.5, 0.6) is 0 Å². The zero-order chi connectivity index (χ0) is 16.5. The van der Waals surface area contributed by atoms with Crippen molar-refractivity contribution in [1.82, 2.24) is 21.3 Å². The molecule has 4 heterocycles. The molecule has 4 atom stereocenters. The van der Waals surface area contributed by atoms with Gasteiger partial charge < -0.3 is 21.3 Å². The summed E-state index contributed by atoms with van der Waals surface area (Å²) in [6.45, 7) is 4.96. The van der Waals surface area contributed by atoms with Crippen molar-refractivity contribution in [2.45, 2.75) is 101 Å². The van der Waals surface area contributed by atoms with E-state index < -0.39 is 0 Å². The number of hydrogen-bond acceptors (Lipinski definition) is 4. The summed E-state index contributed by atoms with van der Waals surface area (Å²) < 4.78 is 0. The SMILES string of the molecule is C1CCC(C2CCCCN2)NC1.C1CCC(C2CCCCN2)NC1. The number of hydrogen-bond donors (Lipinski definition) is 4. The molecule has 0 bridgehead atoms. The van der Waals surface area contributed by atoms with E-state index in [0.717, 1.165) is 24.2 Å². The lowest BCUT2D eigenvalue weighted by atomic mass is 9.92. The molecule has 140 valence electrons. The van der Waals surface area contributed by atoms with Gasteiger partial charge in [0.25, 0.3) is 0 Å². The third-order valence-electron chi connectivity index (χ3n) is 6.37. The Hall–Kier alpha value is -0.160. The van der Waals surface area contributed by atoms with Gasteiger partial charge in [0.15, 0.2) is 0 Å². The molecule has 0 aromatic rings. The Morgan fingerprint density at radius 1 is 0.333 bits per heavy atom. The van der Waals surface area contributed by atoms with Gasteiger partial charge in [0.2, 0.25) is 0 Å². The molecule has 4 unspecified atom stereocenters. The summed E-state index contributed by atoms with van der Waals surface area (Å²) in [5.74, 6) is 0. The topological polar surface area (TPSA) is 48.1 Å². The third kappa shape index (κ3) is 5.98. The van der Waals surface area contributed by atoms with Crippen molar-refractivity contribution in [3.05, 3.63) is 0 Å². The lowest BCUT2D eigenvalue weighted by molar-refractivity contribution is 0.272. The lowest BCUT2D eigenvalue weighted by Gasteiger charge is -2.34. The Morgan fingerprint density at radius 3 is 0.750 bits per heavy atom. The Kier molecular flexibility index (Phi) is 8.34. The average molecular weight is 337 g/mol. The summed E-state index contributed by atoms with van der Waals surface area (Å²) in [5.41, 5.74) is 0. The van der Waals surface area contributed by atoms with E-state index in [1.54, 1.807) is 0 Å². The Labute approximate surface area is 149 Å². The summed E-state index contributed by atoms with van der Waals surface area (Å²) in [7, 11) is 0. The molecule has 0 aromatic carbocycles. The van der Waals surface area contributed by atoms with Crippen LogP contribution in [0.25, 0.3) is 0 Å². The van der Waals surface area contributed by atoms with Gasteiger partial charge in [-0.3, -0.25) is 0 Å². The minimum Gasteiger partial charge on any atom is -0.312 e. The van der Waals surface area contributed by atoms with E-state index in [1.807, 2.05) is 0 Å². The first-order valence-corrected chi connectivity index (χ1v) is 10.9. The molecule has 4 N–H and O–H groups in total. The van der Waals surface area contributed by atoms with Gasteiger partial charge >= 0.3 is 0 Å². The van der Waals surface area contributed by atoms with Crippen LogP contribution in [0.15, 0.2) is 0 Å². The molecule has 0 saturated carbocycles. The van der Waals surface area contributed by atoms with Crippen molar-refractivity contribution in [3.63, 3.8) is 0 Å². The Balaban J connectivity index is 0.000000141. The second kappa shape index (κ2) is 10.7. The maximum Gasteiger partial charge on any atom is 0.0221 e. The van der Waals surface area contributed by atoms with E-state index in [-0.39, 0.29) is 0 Å². The molecule has 4 nitrogen and oxygen atoms in total. The molecule has 4 heteroatoms. The fourth-order valence-electron chi connectivity index (χ4n) is 4.89. The molecule has 0 spiro atoms. The highest BCUT2D eigenvalue weighted by molar-refractivity contribution is 4.87. The van der Waals surface area contributed by atoms with E-state index in [4.69, 9.17) is 0 Å². The highest BCUT2D eigenvalue weighted by atomic mass is 15.0. The van der Waals surface area contributed by atoms with Gasteiger partial charge in [-0.2, -0.15) is 0 Å². The summed E-state index contributed by atoms with van der Waals surface area (Å²) in [5, 5.41) is 14.5. The number of nitrogens with one attached hydrogen (secondary N) is 4. The predicted octanol–water partition coefficient (Wildman–Crippen LogP) is 2.54. The van der Waals surface area contributed by atoms with Gasteiger partial charge in [-0.25, -0.2) is 0 Å².